The van der Waals surface area contributed by atoms with Gasteiger partial charge in [-0.15, -0.1) is 0 Å². The van der Waals surface area contributed by atoms with Gasteiger partial charge in [-0.3, -0.25) is 9.36 Å². The summed E-state index contributed by atoms with van der Waals surface area (Å²) in [6.45, 7) is 4.66. The minimum Gasteiger partial charge on any atom is -0.756 e. The minimum atomic E-state index is -4.60. The number of amides is 1. The molecule has 0 saturated carbocycles. The fourth-order valence-corrected chi connectivity index (χ4v) is 9.42. The fourth-order valence-electron chi connectivity index (χ4n) is 8.70. The monoisotopic (exact) mass is 979 g/mol. The molecule has 8 nitrogen and oxygen atoms in total. The smallest absolute Gasteiger partial charge is 0.268 e. The summed E-state index contributed by atoms with van der Waals surface area (Å²) >= 11 is 0. The van der Waals surface area contributed by atoms with Gasteiger partial charge in [0.1, 0.15) is 13.2 Å². The van der Waals surface area contributed by atoms with Crippen LogP contribution in [0.4, 0.5) is 0 Å². The molecule has 9 heteroatoms. The van der Waals surface area contributed by atoms with E-state index >= 15 is 0 Å². The lowest BCUT2D eigenvalue weighted by molar-refractivity contribution is -0.870. The van der Waals surface area contributed by atoms with Crippen LogP contribution in [0, 0.1) is 0 Å². The van der Waals surface area contributed by atoms with E-state index in [1.54, 1.807) is 6.08 Å². The number of phosphoric acid groups is 1. The quantitative estimate of drug-likeness (QED) is 0.0272. The Morgan fingerprint density at radius 1 is 0.500 bits per heavy atom. The van der Waals surface area contributed by atoms with Gasteiger partial charge in [-0.2, -0.15) is 0 Å². The van der Waals surface area contributed by atoms with E-state index in [1.165, 1.54) is 225 Å². The van der Waals surface area contributed by atoms with Crippen LogP contribution in [0.15, 0.2) is 36.5 Å². The number of hydrogen-bond donors (Lipinski definition) is 2. The van der Waals surface area contributed by atoms with E-state index in [9.17, 15) is 19.4 Å². The van der Waals surface area contributed by atoms with Crippen molar-refractivity contribution in [2.24, 2.45) is 0 Å². The SMILES string of the molecule is CCCCCCCCCCCCC/C=C/CC/C=C/C(O)C(COP(=O)([O-])OCC[N+](C)(C)C)NC(=O)CCCCCCCCCCCCCCC/C=C\CCCCCCCCCCCCCC. The lowest BCUT2D eigenvalue weighted by atomic mass is 10.0. The van der Waals surface area contributed by atoms with E-state index in [0.29, 0.717) is 17.4 Å². The molecule has 0 rings (SSSR count). The van der Waals surface area contributed by atoms with Crippen LogP contribution in [0.5, 0.6) is 0 Å². The highest BCUT2D eigenvalue weighted by Gasteiger charge is 2.23. The Morgan fingerprint density at radius 3 is 1.19 bits per heavy atom. The number of phosphoric ester groups is 1. The summed E-state index contributed by atoms with van der Waals surface area (Å²) in [7, 11) is 1.25. The van der Waals surface area contributed by atoms with Gasteiger partial charge in [0.05, 0.1) is 39.9 Å². The third kappa shape index (κ3) is 52.5. The molecule has 402 valence electrons. The molecule has 0 aliphatic heterocycles. The van der Waals surface area contributed by atoms with E-state index in [-0.39, 0.29) is 12.5 Å². The first kappa shape index (κ1) is 66.7. The molecule has 0 aromatic rings. The van der Waals surface area contributed by atoms with Crippen LogP contribution in [0.1, 0.15) is 284 Å². The van der Waals surface area contributed by atoms with Crippen molar-refractivity contribution in [2.75, 3.05) is 40.9 Å². The summed E-state index contributed by atoms with van der Waals surface area (Å²) in [5, 5.41) is 13.9. The van der Waals surface area contributed by atoms with Gasteiger partial charge in [0.15, 0.2) is 0 Å². The van der Waals surface area contributed by atoms with E-state index in [2.05, 4.69) is 43.5 Å². The molecular formula is C59H115N2O6P. The Bertz CT molecular complexity index is 1200. The highest BCUT2D eigenvalue weighted by atomic mass is 31.2. The van der Waals surface area contributed by atoms with Gasteiger partial charge in [-0.05, 0) is 57.8 Å². The number of aliphatic hydroxyl groups is 1. The average molecular weight is 980 g/mol. The number of nitrogens with one attached hydrogen (secondary N) is 1. The Morgan fingerprint density at radius 2 is 0.824 bits per heavy atom. The number of nitrogens with zero attached hydrogens (tertiary/aromatic N) is 1. The molecule has 0 spiro atoms. The van der Waals surface area contributed by atoms with Crippen LogP contribution in [0.3, 0.4) is 0 Å². The van der Waals surface area contributed by atoms with Crippen LogP contribution in [-0.2, 0) is 18.4 Å². The van der Waals surface area contributed by atoms with Gasteiger partial charge in [-0.1, -0.05) is 256 Å². The maximum Gasteiger partial charge on any atom is 0.268 e. The molecular weight excluding hydrogens is 864 g/mol. The third-order valence-electron chi connectivity index (χ3n) is 13.3. The highest BCUT2D eigenvalue weighted by molar-refractivity contribution is 7.45. The van der Waals surface area contributed by atoms with E-state index in [0.717, 1.165) is 38.5 Å². The van der Waals surface area contributed by atoms with Crippen LogP contribution < -0.4 is 10.2 Å². The van der Waals surface area contributed by atoms with Gasteiger partial charge >= 0.3 is 0 Å². The predicted octanol–water partition coefficient (Wildman–Crippen LogP) is 17.1. The Labute approximate surface area is 423 Å². The van der Waals surface area contributed by atoms with Crippen molar-refractivity contribution >= 4 is 13.7 Å². The lowest BCUT2D eigenvalue weighted by Crippen LogP contribution is -2.45. The van der Waals surface area contributed by atoms with E-state index in [1.807, 2.05) is 27.2 Å². The molecule has 0 radical (unpaired) electrons. The van der Waals surface area contributed by atoms with Crippen molar-refractivity contribution in [1.29, 1.82) is 0 Å². The maximum absolute atomic E-state index is 13.0. The summed E-state index contributed by atoms with van der Waals surface area (Å²) < 4.78 is 23.3. The van der Waals surface area contributed by atoms with E-state index < -0.39 is 26.6 Å². The summed E-state index contributed by atoms with van der Waals surface area (Å²) in [4.78, 5) is 25.5. The van der Waals surface area contributed by atoms with Crippen molar-refractivity contribution in [1.82, 2.24) is 5.32 Å². The molecule has 0 saturated heterocycles. The number of unbranched alkanes of at least 4 members (excludes halogenated alkanes) is 37. The van der Waals surface area contributed by atoms with Crippen molar-refractivity contribution in [3.63, 3.8) is 0 Å². The van der Waals surface area contributed by atoms with Gasteiger partial charge in [0.25, 0.3) is 7.82 Å². The van der Waals surface area contributed by atoms with Crippen molar-refractivity contribution < 1.29 is 32.9 Å². The van der Waals surface area contributed by atoms with Crippen LogP contribution in [0.2, 0.25) is 0 Å². The number of hydrogen-bond acceptors (Lipinski definition) is 6. The summed E-state index contributed by atoms with van der Waals surface area (Å²) in [5.74, 6) is -0.204. The lowest BCUT2D eigenvalue weighted by Gasteiger charge is -2.29. The topological polar surface area (TPSA) is 108 Å². The van der Waals surface area contributed by atoms with Gasteiger partial charge in [0, 0.05) is 6.42 Å². The number of quaternary nitrogens is 1. The van der Waals surface area contributed by atoms with Crippen LogP contribution in [-0.4, -0.2) is 68.5 Å². The number of likely N-dealkylation sites (N-methyl/N-ethyl adjacent to an activating group) is 1. The molecule has 3 atom stereocenters. The molecule has 3 unspecified atom stereocenters. The van der Waals surface area contributed by atoms with Crippen molar-refractivity contribution in [2.45, 2.75) is 296 Å². The van der Waals surface area contributed by atoms with Gasteiger partial charge < -0.3 is 28.8 Å². The maximum atomic E-state index is 13.0. The molecule has 0 heterocycles. The zero-order valence-electron chi connectivity index (χ0n) is 45.8. The summed E-state index contributed by atoms with van der Waals surface area (Å²) in [5.41, 5.74) is 0. The number of carbonyl (C=O) groups excluding carboxylic acids is 1. The van der Waals surface area contributed by atoms with Gasteiger partial charge in [0.2, 0.25) is 5.91 Å². The van der Waals surface area contributed by atoms with Crippen LogP contribution in [0.25, 0.3) is 0 Å². The Kier molecular flexibility index (Phi) is 49.7. The minimum absolute atomic E-state index is 0.00544. The standard InChI is InChI=1S/C59H115N2O6P/c1-6-8-10-12-14-16-18-20-22-24-25-26-27-28-29-30-31-32-33-34-35-37-39-41-43-45-47-49-51-53-59(63)60-57(56-67-68(64,65)66-55-54-61(3,4)5)58(62)52-50-48-46-44-42-40-38-36-23-21-19-17-15-13-11-9-7-2/h28-29,42,44,50,52,57-58,62H,6-27,30-41,43,45-49,51,53-56H2,1-5H3,(H-,60,63,64,65)/b29-28-,44-42+,52-50+. The normalized spacial score (nSPS) is 14.2. The zero-order valence-corrected chi connectivity index (χ0v) is 46.7. The first-order valence-electron chi connectivity index (χ1n) is 29.4. The van der Waals surface area contributed by atoms with Crippen molar-refractivity contribution in [3.05, 3.63) is 36.5 Å². The molecule has 0 bridgehead atoms. The molecule has 0 aromatic heterocycles. The first-order chi connectivity index (χ1) is 33.0. The summed E-state index contributed by atoms with van der Waals surface area (Å²) in [6, 6.07) is -0.902. The molecule has 68 heavy (non-hydrogen) atoms. The number of allylic oxidation sites excluding steroid dienone is 5. The number of aliphatic hydroxyl groups excluding tert-OH is 1. The van der Waals surface area contributed by atoms with Crippen molar-refractivity contribution in [3.8, 4) is 0 Å². The fraction of sp³-hybridized carbons (Fsp3) is 0.881. The Balaban J connectivity index is 4.14. The Hall–Kier alpha value is -1.28. The second kappa shape index (κ2) is 50.7. The second-order valence-electron chi connectivity index (χ2n) is 21.3. The largest absolute Gasteiger partial charge is 0.756 e. The third-order valence-corrected chi connectivity index (χ3v) is 14.3. The summed E-state index contributed by atoms with van der Waals surface area (Å²) in [6.07, 6.45) is 65.2. The molecule has 0 aromatic carbocycles. The van der Waals surface area contributed by atoms with Gasteiger partial charge in [-0.25, -0.2) is 0 Å². The molecule has 2 N–H and O–H groups in total. The second-order valence-corrected chi connectivity index (χ2v) is 22.8. The average Bonchev–Trinajstić information content (AvgIpc) is 3.30. The predicted molar refractivity (Wildman–Crippen MR) is 293 cm³/mol. The highest BCUT2D eigenvalue weighted by Crippen LogP contribution is 2.38. The molecule has 0 fully saturated rings. The number of rotatable bonds is 54. The molecule has 1 amide bonds. The first-order valence-corrected chi connectivity index (χ1v) is 30.8. The molecule has 0 aliphatic rings. The number of carbonyl (C=O) groups is 1. The zero-order chi connectivity index (χ0) is 49.9. The van der Waals surface area contributed by atoms with E-state index in [4.69, 9.17) is 9.05 Å². The van der Waals surface area contributed by atoms with Crippen LogP contribution >= 0.6 is 7.82 Å². The molecule has 0 aliphatic carbocycles.